The monoisotopic (exact) mass is 385 g/mol. The summed E-state index contributed by atoms with van der Waals surface area (Å²) in [7, 11) is 3.56. The highest BCUT2D eigenvalue weighted by molar-refractivity contribution is 7.80. The summed E-state index contributed by atoms with van der Waals surface area (Å²) >= 11 is 7.33. The SMILES string of the molecule is CC1=C(C(=O)N(C)C)C(c2cccs2)NC(=S)N1c1cc(C)ccc1C. The largest absolute Gasteiger partial charge is 0.350 e. The van der Waals surface area contributed by atoms with Gasteiger partial charge in [-0.05, 0) is 61.6 Å². The molecule has 2 heterocycles. The second-order valence-corrected chi connectivity index (χ2v) is 8.09. The third-order valence-electron chi connectivity index (χ3n) is 4.55. The number of thiophene rings is 1. The van der Waals surface area contributed by atoms with Gasteiger partial charge in [-0.15, -0.1) is 11.3 Å². The van der Waals surface area contributed by atoms with Crippen LogP contribution in [0.25, 0.3) is 0 Å². The van der Waals surface area contributed by atoms with Crippen molar-refractivity contribution in [2.45, 2.75) is 26.8 Å². The van der Waals surface area contributed by atoms with Crippen LogP contribution in [-0.4, -0.2) is 30.0 Å². The van der Waals surface area contributed by atoms with E-state index in [4.69, 9.17) is 12.2 Å². The van der Waals surface area contributed by atoms with Crippen molar-refractivity contribution in [1.29, 1.82) is 0 Å². The molecule has 0 spiro atoms. The predicted molar refractivity (Wildman–Crippen MR) is 113 cm³/mol. The zero-order valence-corrected chi connectivity index (χ0v) is 17.3. The molecule has 1 atom stereocenters. The fourth-order valence-corrected chi connectivity index (χ4v) is 4.32. The molecule has 1 amide bonds. The lowest BCUT2D eigenvalue weighted by molar-refractivity contribution is -0.125. The summed E-state index contributed by atoms with van der Waals surface area (Å²) in [5.74, 6) is -0.00814. The molecule has 26 heavy (non-hydrogen) atoms. The molecule has 0 saturated heterocycles. The van der Waals surface area contributed by atoms with Crippen molar-refractivity contribution in [3.05, 3.63) is 63.0 Å². The quantitative estimate of drug-likeness (QED) is 0.805. The summed E-state index contributed by atoms with van der Waals surface area (Å²) < 4.78 is 0. The summed E-state index contributed by atoms with van der Waals surface area (Å²) in [5.41, 5.74) is 4.88. The minimum absolute atomic E-state index is 0.00814. The maximum absolute atomic E-state index is 13.0. The van der Waals surface area contributed by atoms with E-state index < -0.39 is 0 Å². The van der Waals surface area contributed by atoms with Gasteiger partial charge in [0.2, 0.25) is 0 Å². The molecule has 1 N–H and O–H groups in total. The Balaban J connectivity index is 2.19. The fourth-order valence-electron chi connectivity index (χ4n) is 3.18. The van der Waals surface area contributed by atoms with Crippen LogP contribution in [0.4, 0.5) is 5.69 Å². The summed E-state index contributed by atoms with van der Waals surface area (Å²) in [4.78, 5) is 17.7. The van der Waals surface area contributed by atoms with E-state index in [0.717, 1.165) is 33.0 Å². The second-order valence-electron chi connectivity index (χ2n) is 6.72. The average Bonchev–Trinajstić information content (AvgIpc) is 3.11. The minimum Gasteiger partial charge on any atom is -0.350 e. The molecular formula is C20H23N3OS2. The number of thiocarbonyl (C=S) groups is 1. The van der Waals surface area contributed by atoms with Gasteiger partial charge >= 0.3 is 0 Å². The predicted octanol–water partition coefficient (Wildman–Crippen LogP) is 4.16. The van der Waals surface area contributed by atoms with Crippen molar-refractivity contribution in [1.82, 2.24) is 10.2 Å². The second kappa shape index (κ2) is 7.21. The number of hydrogen-bond acceptors (Lipinski definition) is 3. The van der Waals surface area contributed by atoms with E-state index in [9.17, 15) is 4.79 Å². The van der Waals surface area contributed by atoms with Crippen molar-refractivity contribution in [2.75, 3.05) is 19.0 Å². The van der Waals surface area contributed by atoms with Gasteiger partial charge in [-0.1, -0.05) is 18.2 Å². The highest BCUT2D eigenvalue weighted by atomic mass is 32.1. The highest BCUT2D eigenvalue weighted by Crippen LogP contribution is 2.37. The van der Waals surface area contributed by atoms with Crippen LogP contribution in [0.5, 0.6) is 0 Å². The average molecular weight is 386 g/mol. The Labute approximate surface area is 164 Å². The van der Waals surface area contributed by atoms with E-state index >= 15 is 0 Å². The summed E-state index contributed by atoms with van der Waals surface area (Å²) in [6.07, 6.45) is 0. The van der Waals surface area contributed by atoms with Gasteiger partial charge in [0.1, 0.15) is 0 Å². The summed E-state index contributed by atoms with van der Waals surface area (Å²) in [6.45, 7) is 6.10. The number of nitrogens with one attached hydrogen (secondary N) is 1. The van der Waals surface area contributed by atoms with Crippen LogP contribution in [0.3, 0.4) is 0 Å². The smallest absolute Gasteiger partial charge is 0.253 e. The number of hydrogen-bond donors (Lipinski definition) is 1. The number of carbonyl (C=O) groups excluding carboxylic acids is 1. The molecule has 1 aliphatic heterocycles. The molecule has 0 aliphatic carbocycles. The van der Waals surface area contributed by atoms with E-state index in [1.54, 1.807) is 30.3 Å². The maximum Gasteiger partial charge on any atom is 0.253 e. The van der Waals surface area contributed by atoms with Gasteiger partial charge in [0.05, 0.1) is 17.3 Å². The number of anilines is 1. The van der Waals surface area contributed by atoms with Gasteiger partial charge in [0.15, 0.2) is 5.11 Å². The molecule has 2 aromatic rings. The molecule has 6 heteroatoms. The van der Waals surface area contributed by atoms with Crippen molar-refractivity contribution in [3.63, 3.8) is 0 Å². The van der Waals surface area contributed by atoms with Crippen molar-refractivity contribution in [3.8, 4) is 0 Å². The molecule has 1 aromatic carbocycles. The van der Waals surface area contributed by atoms with Crippen molar-refractivity contribution in [2.24, 2.45) is 0 Å². The first-order chi connectivity index (χ1) is 12.3. The lowest BCUT2D eigenvalue weighted by Crippen LogP contribution is -2.49. The van der Waals surface area contributed by atoms with E-state index in [2.05, 4.69) is 37.4 Å². The number of aryl methyl sites for hydroxylation is 2. The first-order valence-electron chi connectivity index (χ1n) is 8.45. The summed E-state index contributed by atoms with van der Waals surface area (Å²) in [6, 6.07) is 10.1. The molecule has 3 rings (SSSR count). The molecule has 0 fully saturated rings. The Morgan fingerprint density at radius 3 is 2.58 bits per heavy atom. The van der Waals surface area contributed by atoms with E-state index in [0.29, 0.717) is 5.11 Å². The number of benzene rings is 1. The number of likely N-dealkylation sites (N-methyl/N-ethyl adjacent to an activating group) is 1. The van der Waals surface area contributed by atoms with Gasteiger partial charge in [0, 0.05) is 24.7 Å². The van der Waals surface area contributed by atoms with Crippen LogP contribution >= 0.6 is 23.6 Å². The Bertz CT molecular complexity index is 884. The fraction of sp³-hybridized carbons (Fsp3) is 0.300. The third-order valence-corrected chi connectivity index (χ3v) is 5.79. The van der Waals surface area contributed by atoms with E-state index in [1.807, 2.05) is 29.3 Å². The van der Waals surface area contributed by atoms with Crippen LogP contribution < -0.4 is 10.2 Å². The van der Waals surface area contributed by atoms with Crippen LogP contribution in [0.15, 0.2) is 47.0 Å². The Morgan fingerprint density at radius 1 is 1.23 bits per heavy atom. The van der Waals surface area contributed by atoms with Crippen LogP contribution in [-0.2, 0) is 4.79 Å². The van der Waals surface area contributed by atoms with Crippen LogP contribution in [0.1, 0.15) is 29.0 Å². The highest BCUT2D eigenvalue weighted by Gasteiger charge is 2.36. The molecule has 0 bridgehead atoms. The normalized spacial score (nSPS) is 17.3. The first-order valence-corrected chi connectivity index (χ1v) is 9.73. The molecular weight excluding hydrogens is 362 g/mol. The molecule has 4 nitrogen and oxygen atoms in total. The lowest BCUT2D eigenvalue weighted by Gasteiger charge is -2.38. The number of allylic oxidation sites excluding steroid dienone is 1. The Hall–Kier alpha value is -2.18. The molecule has 0 radical (unpaired) electrons. The molecule has 1 unspecified atom stereocenters. The topological polar surface area (TPSA) is 35.6 Å². The zero-order chi connectivity index (χ0) is 19.0. The standard InChI is InChI=1S/C20H23N3OS2/c1-12-8-9-13(2)15(11-12)23-14(3)17(19(24)22(4)5)18(21-20(23)25)16-7-6-10-26-16/h6-11,18H,1-5H3,(H,21,25). The molecule has 136 valence electrons. The van der Waals surface area contributed by atoms with E-state index in [-0.39, 0.29) is 11.9 Å². The lowest BCUT2D eigenvalue weighted by atomic mass is 9.98. The first kappa shape index (κ1) is 18.6. The number of nitrogens with zero attached hydrogens (tertiary/aromatic N) is 2. The zero-order valence-electron chi connectivity index (χ0n) is 15.7. The Morgan fingerprint density at radius 2 is 1.96 bits per heavy atom. The van der Waals surface area contributed by atoms with Gasteiger partial charge in [-0.3, -0.25) is 9.69 Å². The maximum atomic E-state index is 13.0. The number of rotatable bonds is 3. The molecule has 1 aromatic heterocycles. The van der Waals surface area contributed by atoms with Gasteiger partial charge in [-0.25, -0.2) is 0 Å². The van der Waals surface area contributed by atoms with Crippen LogP contribution in [0.2, 0.25) is 0 Å². The van der Waals surface area contributed by atoms with E-state index in [1.165, 1.54) is 0 Å². The van der Waals surface area contributed by atoms with Crippen LogP contribution in [0, 0.1) is 13.8 Å². The van der Waals surface area contributed by atoms with Gasteiger partial charge in [-0.2, -0.15) is 0 Å². The number of carbonyl (C=O) groups is 1. The minimum atomic E-state index is -0.223. The third kappa shape index (κ3) is 3.27. The summed E-state index contributed by atoms with van der Waals surface area (Å²) in [5, 5.41) is 6.03. The number of amides is 1. The van der Waals surface area contributed by atoms with Gasteiger partial charge < -0.3 is 10.2 Å². The van der Waals surface area contributed by atoms with Crippen molar-refractivity contribution < 1.29 is 4.79 Å². The molecule has 0 saturated carbocycles. The van der Waals surface area contributed by atoms with Gasteiger partial charge in [0.25, 0.3) is 5.91 Å². The molecule has 1 aliphatic rings. The Kier molecular flexibility index (Phi) is 5.16. The van der Waals surface area contributed by atoms with Crippen molar-refractivity contribution >= 4 is 40.3 Å².